The topological polar surface area (TPSA) is 86.8 Å². The maximum absolute atomic E-state index is 13.5. The predicted octanol–water partition coefficient (Wildman–Crippen LogP) is 3.19. The average molecular weight is 458 g/mol. The Balaban J connectivity index is 1.89. The number of amides is 2. The molecule has 1 fully saturated rings. The van der Waals surface area contributed by atoms with Gasteiger partial charge in [0.1, 0.15) is 0 Å². The number of nitrogens with one attached hydrogen (secondary N) is 1. The van der Waals surface area contributed by atoms with E-state index in [-0.39, 0.29) is 22.8 Å². The molecule has 1 saturated carbocycles. The molecule has 32 heavy (non-hydrogen) atoms. The van der Waals surface area contributed by atoms with E-state index in [0.717, 1.165) is 24.0 Å². The van der Waals surface area contributed by atoms with Gasteiger partial charge in [0.25, 0.3) is 11.8 Å². The van der Waals surface area contributed by atoms with Gasteiger partial charge in [0.05, 0.1) is 4.90 Å². The lowest BCUT2D eigenvalue weighted by atomic mass is 10.1. The highest BCUT2D eigenvalue weighted by atomic mass is 32.2. The molecule has 0 radical (unpaired) electrons. The number of aryl methyl sites for hydroxylation is 1. The molecule has 172 valence electrons. The molecule has 2 amide bonds. The first-order chi connectivity index (χ1) is 15.2. The van der Waals surface area contributed by atoms with Crippen molar-refractivity contribution >= 4 is 21.8 Å². The summed E-state index contributed by atoms with van der Waals surface area (Å²) in [5, 5.41) is 2.59. The van der Waals surface area contributed by atoms with Crippen LogP contribution in [0.2, 0.25) is 0 Å². The molecule has 0 spiro atoms. The second-order valence-corrected chi connectivity index (χ2v) is 9.94. The molecule has 2 aromatic rings. The minimum atomic E-state index is -3.65. The molecule has 0 aliphatic heterocycles. The summed E-state index contributed by atoms with van der Waals surface area (Å²) in [7, 11) is -2.07. The van der Waals surface area contributed by atoms with Gasteiger partial charge in [-0.2, -0.15) is 4.31 Å². The first-order valence-corrected chi connectivity index (χ1v) is 12.4. The van der Waals surface area contributed by atoms with Crippen LogP contribution in [0.3, 0.4) is 0 Å². The molecule has 0 heterocycles. The molecule has 1 N–H and O–H groups in total. The van der Waals surface area contributed by atoms with Gasteiger partial charge in [0.15, 0.2) is 0 Å². The second-order valence-electron chi connectivity index (χ2n) is 8.01. The second kappa shape index (κ2) is 9.83. The molecule has 2 aromatic carbocycles. The minimum Gasteiger partial charge on any atom is -0.355 e. The van der Waals surface area contributed by atoms with E-state index in [1.807, 2.05) is 24.0 Å². The van der Waals surface area contributed by atoms with Crippen molar-refractivity contribution in [2.75, 3.05) is 20.1 Å². The summed E-state index contributed by atoms with van der Waals surface area (Å²) in [4.78, 5) is 27.2. The number of carbonyl (C=O) groups excluding carboxylic acids is 2. The summed E-state index contributed by atoms with van der Waals surface area (Å²) < 4.78 is 27.3. The lowest BCUT2D eigenvalue weighted by Gasteiger charge is -2.24. The smallest absolute Gasteiger partial charge is 0.254 e. The number of hydrogen-bond acceptors (Lipinski definition) is 4. The summed E-state index contributed by atoms with van der Waals surface area (Å²) in [6.45, 7) is 6.57. The Kier molecular flexibility index (Phi) is 7.36. The van der Waals surface area contributed by atoms with Crippen LogP contribution in [0.1, 0.15) is 58.5 Å². The van der Waals surface area contributed by atoms with Gasteiger partial charge >= 0.3 is 0 Å². The van der Waals surface area contributed by atoms with Crippen molar-refractivity contribution in [3.05, 3.63) is 64.7 Å². The molecular formula is C24H31N3O4S. The van der Waals surface area contributed by atoms with E-state index in [1.54, 1.807) is 45.2 Å². The van der Waals surface area contributed by atoms with E-state index in [9.17, 15) is 18.0 Å². The maximum Gasteiger partial charge on any atom is 0.254 e. The van der Waals surface area contributed by atoms with Crippen LogP contribution in [0.4, 0.5) is 0 Å². The lowest BCUT2D eigenvalue weighted by molar-refractivity contribution is 0.0728. The van der Waals surface area contributed by atoms with Gasteiger partial charge in [-0.15, -0.1) is 0 Å². The number of benzene rings is 2. The zero-order valence-electron chi connectivity index (χ0n) is 19.1. The highest BCUT2D eigenvalue weighted by Gasteiger charge is 2.34. The summed E-state index contributed by atoms with van der Waals surface area (Å²) in [5.41, 5.74) is 2.63. The number of sulfonamides is 1. The van der Waals surface area contributed by atoms with Gasteiger partial charge in [-0.25, -0.2) is 8.42 Å². The van der Waals surface area contributed by atoms with Gasteiger partial charge < -0.3 is 10.2 Å². The SMILES string of the molecule is CCN(CC)S(=O)(=O)c1ccc(C)c(C(=O)N(Cc2ccc(C(=O)NC)cc2)C2CC2)c1. The van der Waals surface area contributed by atoms with Crippen LogP contribution in [0.5, 0.6) is 0 Å². The first-order valence-electron chi connectivity index (χ1n) is 11.0. The summed E-state index contributed by atoms with van der Waals surface area (Å²) >= 11 is 0. The summed E-state index contributed by atoms with van der Waals surface area (Å²) in [5.74, 6) is -0.328. The Morgan fingerprint density at radius 3 is 2.19 bits per heavy atom. The number of nitrogens with zero attached hydrogens (tertiary/aromatic N) is 2. The quantitative estimate of drug-likeness (QED) is 0.627. The zero-order chi connectivity index (χ0) is 23.5. The van der Waals surface area contributed by atoms with Crippen LogP contribution < -0.4 is 5.32 Å². The summed E-state index contributed by atoms with van der Waals surface area (Å²) in [6, 6.07) is 12.1. The first kappa shape index (κ1) is 23.9. The van der Waals surface area contributed by atoms with Crippen LogP contribution in [0, 0.1) is 6.92 Å². The normalized spacial score (nSPS) is 13.8. The van der Waals surface area contributed by atoms with Crippen LogP contribution >= 0.6 is 0 Å². The van der Waals surface area contributed by atoms with Gasteiger partial charge in [-0.05, 0) is 55.2 Å². The Bertz CT molecular complexity index is 1090. The van der Waals surface area contributed by atoms with Crippen molar-refractivity contribution in [2.24, 2.45) is 0 Å². The lowest BCUT2D eigenvalue weighted by Crippen LogP contribution is -2.34. The van der Waals surface area contributed by atoms with Gasteiger partial charge in [0.2, 0.25) is 10.0 Å². The molecule has 0 aromatic heterocycles. The summed E-state index contributed by atoms with van der Waals surface area (Å²) in [6.07, 6.45) is 1.86. The Morgan fingerprint density at radius 2 is 1.66 bits per heavy atom. The molecule has 0 atom stereocenters. The highest BCUT2D eigenvalue weighted by molar-refractivity contribution is 7.89. The molecule has 8 heteroatoms. The fourth-order valence-corrected chi connectivity index (χ4v) is 5.20. The van der Waals surface area contributed by atoms with Crippen molar-refractivity contribution in [3.8, 4) is 0 Å². The predicted molar refractivity (Wildman–Crippen MR) is 124 cm³/mol. The minimum absolute atomic E-state index is 0.140. The monoisotopic (exact) mass is 457 g/mol. The van der Waals surface area contributed by atoms with E-state index in [4.69, 9.17) is 0 Å². The van der Waals surface area contributed by atoms with Gasteiger partial charge in [-0.3, -0.25) is 9.59 Å². The third-order valence-corrected chi connectivity index (χ3v) is 7.87. The van der Waals surface area contributed by atoms with Crippen molar-refractivity contribution < 1.29 is 18.0 Å². The van der Waals surface area contributed by atoms with Crippen LogP contribution in [0.25, 0.3) is 0 Å². The van der Waals surface area contributed by atoms with E-state index >= 15 is 0 Å². The fraction of sp³-hybridized carbons (Fsp3) is 0.417. The van der Waals surface area contributed by atoms with Crippen molar-refractivity contribution in [3.63, 3.8) is 0 Å². The molecule has 1 aliphatic carbocycles. The van der Waals surface area contributed by atoms with Crippen LogP contribution in [-0.4, -0.2) is 55.6 Å². The highest BCUT2D eigenvalue weighted by Crippen LogP contribution is 2.31. The van der Waals surface area contributed by atoms with Crippen LogP contribution in [0.15, 0.2) is 47.4 Å². The van der Waals surface area contributed by atoms with E-state index in [2.05, 4.69) is 5.32 Å². The third-order valence-electron chi connectivity index (χ3n) is 5.83. The Morgan fingerprint density at radius 1 is 1.03 bits per heavy atom. The molecular weight excluding hydrogens is 426 g/mol. The van der Waals surface area contributed by atoms with E-state index < -0.39 is 10.0 Å². The molecule has 7 nitrogen and oxygen atoms in total. The number of hydrogen-bond donors (Lipinski definition) is 1. The molecule has 0 bridgehead atoms. The fourth-order valence-electron chi connectivity index (χ4n) is 3.71. The maximum atomic E-state index is 13.5. The van der Waals surface area contributed by atoms with E-state index in [0.29, 0.717) is 30.8 Å². The Labute approximate surface area is 190 Å². The third kappa shape index (κ3) is 5.02. The van der Waals surface area contributed by atoms with Crippen molar-refractivity contribution in [2.45, 2.75) is 51.1 Å². The van der Waals surface area contributed by atoms with Crippen LogP contribution in [-0.2, 0) is 16.6 Å². The van der Waals surface area contributed by atoms with Gasteiger partial charge in [0, 0.05) is 43.9 Å². The molecule has 1 aliphatic rings. The van der Waals surface area contributed by atoms with Crippen molar-refractivity contribution in [1.29, 1.82) is 0 Å². The van der Waals surface area contributed by atoms with E-state index in [1.165, 1.54) is 10.4 Å². The molecule has 3 rings (SSSR count). The van der Waals surface area contributed by atoms with Crippen molar-refractivity contribution in [1.82, 2.24) is 14.5 Å². The largest absolute Gasteiger partial charge is 0.355 e. The zero-order valence-corrected chi connectivity index (χ0v) is 19.9. The molecule has 0 saturated heterocycles. The van der Waals surface area contributed by atoms with Gasteiger partial charge in [-0.1, -0.05) is 32.0 Å². The Hall–Kier alpha value is -2.71. The number of rotatable bonds is 9. The number of carbonyl (C=O) groups is 2. The standard InChI is InChI=1S/C24H31N3O4S/c1-5-26(6-2)32(30,31)21-14-7-17(3)22(15-21)24(29)27(20-12-13-20)16-18-8-10-19(11-9-18)23(28)25-4/h7-11,14-15,20H,5-6,12-13,16H2,1-4H3,(H,25,28). The molecule has 0 unspecified atom stereocenters. The average Bonchev–Trinajstić information content (AvgIpc) is 3.63.